The van der Waals surface area contributed by atoms with E-state index >= 15 is 0 Å². The molecule has 5 heteroatoms. The van der Waals surface area contributed by atoms with Crippen LogP contribution in [0.15, 0.2) is 42.7 Å². The molecule has 5 nitrogen and oxygen atoms in total. The quantitative estimate of drug-likeness (QED) is 0.755. The van der Waals surface area contributed by atoms with E-state index in [1.165, 1.54) is 6.92 Å². The number of fused-ring (bicyclic) bond motifs is 1. The lowest BCUT2D eigenvalue weighted by atomic mass is 10.1. The molecule has 0 fully saturated rings. The van der Waals surface area contributed by atoms with Gasteiger partial charge >= 0.3 is 0 Å². The molecule has 3 rings (SSSR count). The minimum atomic E-state index is -0.256. The van der Waals surface area contributed by atoms with Crippen molar-refractivity contribution >= 4 is 28.3 Å². The molecule has 1 aromatic carbocycles. The van der Waals surface area contributed by atoms with Crippen LogP contribution in [0.2, 0.25) is 0 Å². The highest BCUT2D eigenvalue weighted by atomic mass is 16.2. The highest BCUT2D eigenvalue weighted by Gasteiger charge is 2.15. The second kappa shape index (κ2) is 5.68. The predicted octanol–water partition coefficient (Wildman–Crippen LogP) is 3.34. The Kier molecular flexibility index (Phi) is 3.70. The number of aromatic nitrogens is 2. The number of nitrogens with zero attached hydrogens (tertiary/aromatic N) is 2. The van der Waals surface area contributed by atoms with Crippen LogP contribution in [0.1, 0.15) is 33.3 Å². The highest BCUT2D eigenvalue weighted by molar-refractivity contribution is 6.09. The fourth-order valence-corrected chi connectivity index (χ4v) is 2.59. The molecule has 0 aliphatic carbocycles. The van der Waals surface area contributed by atoms with Gasteiger partial charge in [-0.05, 0) is 43.7 Å². The van der Waals surface area contributed by atoms with Crippen molar-refractivity contribution in [3.8, 4) is 0 Å². The number of nitrogens with one attached hydrogen (secondary N) is 1. The average Bonchev–Trinajstić information content (AvgIpc) is 2.93. The van der Waals surface area contributed by atoms with Gasteiger partial charge in [0.1, 0.15) is 5.69 Å². The van der Waals surface area contributed by atoms with Gasteiger partial charge in [-0.1, -0.05) is 6.07 Å². The Hall–Kier alpha value is -2.95. The molecule has 2 heterocycles. The van der Waals surface area contributed by atoms with E-state index in [-0.39, 0.29) is 11.7 Å². The topological polar surface area (TPSA) is 64.0 Å². The summed E-state index contributed by atoms with van der Waals surface area (Å²) >= 11 is 0. The van der Waals surface area contributed by atoms with Gasteiger partial charge in [-0.25, -0.2) is 0 Å². The van der Waals surface area contributed by atoms with Crippen LogP contribution < -0.4 is 5.32 Å². The molecule has 0 saturated carbocycles. The van der Waals surface area contributed by atoms with Crippen molar-refractivity contribution in [1.82, 2.24) is 9.55 Å². The van der Waals surface area contributed by atoms with Gasteiger partial charge in [-0.3, -0.25) is 14.6 Å². The van der Waals surface area contributed by atoms with E-state index in [1.807, 2.05) is 31.2 Å². The number of anilines is 1. The number of benzene rings is 1. The minimum Gasteiger partial charge on any atom is -0.346 e. The summed E-state index contributed by atoms with van der Waals surface area (Å²) in [5.74, 6) is -0.321. The van der Waals surface area contributed by atoms with Crippen LogP contribution in [-0.4, -0.2) is 21.2 Å². The van der Waals surface area contributed by atoms with Gasteiger partial charge in [0.05, 0.1) is 11.2 Å². The van der Waals surface area contributed by atoms with Gasteiger partial charge in [0.15, 0.2) is 5.78 Å². The largest absolute Gasteiger partial charge is 0.346 e. The van der Waals surface area contributed by atoms with Crippen LogP contribution in [0.25, 0.3) is 10.9 Å². The van der Waals surface area contributed by atoms with Crippen LogP contribution in [0.3, 0.4) is 0 Å². The molecular formula is C18H17N3O2. The monoisotopic (exact) mass is 307 g/mol. The van der Waals surface area contributed by atoms with E-state index in [1.54, 1.807) is 30.1 Å². The van der Waals surface area contributed by atoms with E-state index in [0.717, 1.165) is 16.5 Å². The first kappa shape index (κ1) is 15.0. The SMILES string of the molecule is CC(=O)c1cc(C(=O)Nc2ccc(C)c3ncccc23)n(C)c1. The summed E-state index contributed by atoms with van der Waals surface area (Å²) in [6.45, 7) is 3.47. The van der Waals surface area contributed by atoms with Crippen molar-refractivity contribution in [1.29, 1.82) is 0 Å². The molecule has 0 aliphatic heterocycles. The van der Waals surface area contributed by atoms with E-state index in [2.05, 4.69) is 10.3 Å². The third-order valence-corrected chi connectivity index (χ3v) is 3.86. The summed E-state index contributed by atoms with van der Waals surface area (Å²) in [6, 6.07) is 9.17. The lowest BCUT2D eigenvalue weighted by Crippen LogP contribution is -2.15. The van der Waals surface area contributed by atoms with Gasteiger partial charge in [-0.15, -0.1) is 0 Å². The minimum absolute atomic E-state index is 0.0652. The Morgan fingerprint density at radius 3 is 2.70 bits per heavy atom. The Morgan fingerprint density at radius 2 is 2.00 bits per heavy atom. The molecule has 0 unspecified atom stereocenters. The molecule has 3 aromatic rings. The van der Waals surface area contributed by atoms with Gasteiger partial charge < -0.3 is 9.88 Å². The fourth-order valence-electron chi connectivity index (χ4n) is 2.59. The second-order valence-electron chi connectivity index (χ2n) is 5.56. The summed E-state index contributed by atoms with van der Waals surface area (Å²) in [5, 5.41) is 3.80. The smallest absolute Gasteiger partial charge is 0.272 e. The Morgan fingerprint density at radius 1 is 1.22 bits per heavy atom. The molecule has 0 aliphatic rings. The zero-order valence-electron chi connectivity index (χ0n) is 13.3. The van der Waals surface area contributed by atoms with Crippen molar-refractivity contribution in [3.05, 3.63) is 59.5 Å². The molecule has 0 radical (unpaired) electrons. The Bertz CT molecular complexity index is 925. The second-order valence-corrected chi connectivity index (χ2v) is 5.56. The van der Waals surface area contributed by atoms with E-state index in [4.69, 9.17) is 0 Å². The van der Waals surface area contributed by atoms with Crippen molar-refractivity contribution in [3.63, 3.8) is 0 Å². The lowest BCUT2D eigenvalue weighted by Gasteiger charge is -2.10. The zero-order chi connectivity index (χ0) is 16.6. The zero-order valence-corrected chi connectivity index (χ0v) is 13.3. The maximum absolute atomic E-state index is 12.5. The maximum Gasteiger partial charge on any atom is 0.272 e. The van der Waals surface area contributed by atoms with Crippen molar-refractivity contribution < 1.29 is 9.59 Å². The van der Waals surface area contributed by atoms with Crippen LogP contribution in [-0.2, 0) is 7.05 Å². The third kappa shape index (κ3) is 2.73. The normalized spacial score (nSPS) is 10.7. The van der Waals surface area contributed by atoms with Crippen LogP contribution in [0.4, 0.5) is 5.69 Å². The van der Waals surface area contributed by atoms with Gasteiger partial charge in [0.2, 0.25) is 0 Å². The van der Waals surface area contributed by atoms with Crippen molar-refractivity contribution in [2.75, 3.05) is 5.32 Å². The third-order valence-electron chi connectivity index (χ3n) is 3.86. The van der Waals surface area contributed by atoms with Gasteiger partial charge in [-0.2, -0.15) is 0 Å². The number of ketones is 1. The number of Topliss-reactive ketones (excluding diaryl/α,β-unsaturated/α-hetero) is 1. The molecule has 1 amide bonds. The van der Waals surface area contributed by atoms with Crippen LogP contribution in [0, 0.1) is 6.92 Å². The number of carbonyl (C=O) groups excluding carboxylic acids is 2. The summed E-state index contributed by atoms with van der Waals surface area (Å²) < 4.78 is 1.65. The summed E-state index contributed by atoms with van der Waals surface area (Å²) in [4.78, 5) is 28.4. The molecule has 0 saturated heterocycles. The molecule has 116 valence electrons. The van der Waals surface area contributed by atoms with E-state index in [9.17, 15) is 9.59 Å². The number of aryl methyl sites for hydroxylation is 2. The molecular weight excluding hydrogens is 290 g/mol. The van der Waals surface area contributed by atoms with E-state index in [0.29, 0.717) is 16.9 Å². The molecule has 0 atom stereocenters. The molecule has 0 spiro atoms. The van der Waals surface area contributed by atoms with Gasteiger partial charge in [0.25, 0.3) is 5.91 Å². The van der Waals surface area contributed by atoms with E-state index < -0.39 is 0 Å². The lowest BCUT2D eigenvalue weighted by molar-refractivity contribution is 0.101. The molecule has 2 aromatic heterocycles. The number of carbonyl (C=O) groups is 2. The molecule has 23 heavy (non-hydrogen) atoms. The Labute approximate surface area is 134 Å². The molecule has 0 bridgehead atoms. The highest BCUT2D eigenvalue weighted by Crippen LogP contribution is 2.25. The van der Waals surface area contributed by atoms with Crippen LogP contribution >= 0.6 is 0 Å². The average molecular weight is 307 g/mol. The fraction of sp³-hybridized carbons (Fsp3) is 0.167. The number of amides is 1. The maximum atomic E-state index is 12.5. The van der Waals surface area contributed by atoms with Crippen molar-refractivity contribution in [2.45, 2.75) is 13.8 Å². The Balaban J connectivity index is 1.98. The summed E-state index contributed by atoms with van der Waals surface area (Å²) in [6.07, 6.45) is 3.39. The number of rotatable bonds is 3. The predicted molar refractivity (Wildman–Crippen MR) is 89.9 cm³/mol. The number of hydrogen-bond acceptors (Lipinski definition) is 3. The van der Waals surface area contributed by atoms with Crippen LogP contribution in [0.5, 0.6) is 0 Å². The first-order valence-electron chi connectivity index (χ1n) is 7.30. The van der Waals surface area contributed by atoms with Crippen molar-refractivity contribution in [2.24, 2.45) is 7.05 Å². The molecule has 1 N–H and O–H groups in total. The standard InChI is InChI=1S/C18H17N3O2/c1-11-6-7-15(14-5-4-8-19-17(11)14)20-18(23)16-9-13(12(2)22)10-21(16)3/h4-10H,1-3H3,(H,20,23). The first-order chi connectivity index (χ1) is 11.0. The number of pyridine rings is 1. The number of hydrogen-bond donors (Lipinski definition) is 1. The van der Waals surface area contributed by atoms with Gasteiger partial charge in [0, 0.05) is 30.4 Å². The summed E-state index contributed by atoms with van der Waals surface area (Å²) in [5.41, 5.74) is 3.58. The summed E-state index contributed by atoms with van der Waals surface area (Å²) in [7, 11) is 1.75. The first-order valence-corrected chi connectivity index (χ1v) is 7.30.